The van der Waals surface area contributed by atoms with E-state index in [4.69, 9.17) is 4.12 Å². The van der Waals surface area contributed by atoms with Crippen LogP contribution in [0.4, 0.5) is 0 Å². The molecule has 0 unspecified atom stereocenters. The minimum atomic E-state index is -1.23. The van der Waals surface area contributed by atoms with Gasteiger partial charge in [0.15, 0.2) is 16.6 Å². The first kappa shape index (κ1) is 24.8. The zero-order valence-corrected chi connectivity index (χ0v) is 20.4. The van der Waals surface area contributed by atoms with Crippen LogP contribution in [0.2, 0.25) is 91.7 Å². The van der Waals surface area contributed by atoms with E-state index in [2.05, 4.69) is 91.7 Å². The lowest BCUT2D eigenvalue weighted by Crippen LogP contribution is -2.39. The molecule has 1 nitrogen and oxygen atoms in total. The van der Waals surface area contributed by atoms with E-state index in [1.165, 1.54) is 0 Å². The molecule has 0 aromatic rings. The highest BCUT2D eigenvalue weighted by atomic mass is 28.4. The molecule has 5 heteroatoms. The fourth-order valence-corrected chi connectivity index (χ4v) is 8.27. The zero-order chi connectivity index (χ0) is 16.7. The van der Waals surface area contributed by atoms with Gasteiger partial charge in [-0.3, -0.25) is 0 Å². The average Bonchev–Trinajstić information content (AvgIpc) is 1.63. The molecule has 0 atom stereocenters. The van der Waals surface area contributed by atoms with Crippen molar-refractivity contribution in [1.82, 2.24) is 0 Å². The molecule has 0 fully saturated rings. The Bertz CT molecular complexity index is 178. The summed E-state index contributed by atoms with van der Waals surface area (Å²) in [4.78, 5) is 0. The lowest BCUT2D eigenvalue weighted by atomic mass is 11.8. The van der Waals surface area contributed by atoms with Gasteiger partial charge in [-0.05, 0) is 39.3 Å². The fraction of sp³-hybridized carbons (Fsp3) is 1.00. The van der Waals surface area contributed by atoms with Crippen molar-refractivity contribution < 1.29 is 4.12 Å². The molecule has 19 heavy (non-hydrogen) atoms. The normalized spacial score (nSPS) is 12.9. The van der Waals surface area contributed by atoms with Crippen molar-refractivity contribution in [3.63, 3.8) is 0 Å². The van der Waals surface area contributed by atoms with E-state index in [-0.39, 0.29) is 0 Å². The molecule has 0 aromatic carbocycles. The smallest absolute Gasteiger partial charge is 0.170 e. The van der Waals surface area contributed by atoms with E-state index in [1.807, 2.05) is 0 Å². The van der Waals surface area contributed by atoms with Gasteiger partial charge in [0, 0.05) is 16.1 Å². The second-order valence-electron chi connectivity index (χ2n) is 10.3. The molecule has 0 aliphatic carbocycles. The molecule has 0 amide bonds. The molecule has 0 N–H and O–H groups in total. The highest BCUT2D eigenvalue weighted by Crippen LogP contribution is 2.12. The third kappa shape index (κ3) is 114. The lowest BCUT2D eigenvalue weighted by molar-refractivity contribution is 0.559. The van der Waals surface area contributed by atoms with Crippen LogP contribution in [0.25, 0.3) is 0 Å². The minimum Gasteiger partial charge on any atom is -0.456 e. The van der Waals surface area contributed by atoms with Gasteiger partial charge < -0.3 is 4.12 Å². The SMILES string of the molecule is C[Si](C)(C)C.C[Si](C)(C)C.C[Si](C)(C)O[Si](C)(C)C. The lowest BCUT2D eigenvalue weighted by Gasteiger charge is -2.27. The number of rotatable bonds is 2. The van der Waals surface area contributed by atoms with Crippen LogP contribution < -0.4 is 0 Å². The number of hydrogen-bond donors (Lipinski definition) is 0. The van der Waals surface area contributed by atoms with E-state index in [9.17, 15) is 0 Å². The quantitative estimate of drug-likeness (QED) is 0.516. The van der Waals surface area contributed by atoms with E-state index in [1.54, 1.807) is 0 Å². The Labute approximate surface area is 128 Å². The number of hydrogen-bond acceptors (Lipinski definition) is 1. The van der Waals surface area contributed by atoms with Gasteiger partial charge in [0.2, 0.25) is 0 Å². The second kappa shape index (κ2) is 8.97. The predicted molar refractivity (Wildman–Crippen MR) is 106 cm³/mol. The topological polar surface area (TPSA) is 9.23 Å². The summed E-state index contributed by atoms with van der Waals surface area (Å²) in [5, 5.41) is 0. The van der Waals surface area contributed by atoms with E-state index < -0.39 is 32.8 Å². The van der Waals surface area contributed by atoms with Crippen LogP contribution in [-0.2, 0) is 4.12 Å². The first-order chi connectivity index (χ1) is 7.71. The van der Waals surface area contributed by atoms with Gasteiger partial charge in [-0.1, -0.05) is 52.4 Å². The molecule has 0 aliphatic heterocycles. The van der Waals surface area contributed by atoms with E-state index >= 15 is 0 Å². The van der Waals surface area contributed by atoms with Crippen LogP contribution >= 0.6 is 0 Å². The Kier molecular flexibility index (Phi) is 11.7. The van der Waals surface area contributed by atoms with Gasteiger partial charge in [0.05, 0.1) is 0 Å². The highest BCUT2D eigenvalue weighted by molar-refractivity contribution is 6.83. The van der Waals surface area contributed by atoms with Crippen LogP contribution in [0.1, 0.15) is 0 Å². The molecule has 0 radical (unpaired) electrons. The standard InChI is InChI=1S/C6H18OSi2.2C4H12Si/c1-8(2,3)7-9(4,5)6;2*1-5(2,3)4/h1-6H3;2*1-4H3. The van der Waals surface area contributed by atoms with Crippen molar-refractivity contribution in [1.29, 1.82) is 0 Å². The highest BCUT2D eigenvalue weighted by Gasteiger charge is 2.24. The van der Waals surface area contributed by atoms with Crippen molar-refractivity contribution in [3.8, 4) is 0 Å². The average molecular weight is 339 g/mol. The maximum Gasteiger partial charge on any atom is 0.170 e. The summed E-state index contributed by atoms with van der Waals surface area (Å²) in [5.41, 5.74) is 0. The van der Waals surface area contributed by atoms with Gasteiger partial charge in [0.1, 0.15) is 0 Å². The maximum absolute atomic E-state index is 5.90. The summed E-state index contributed by atoms with van der Waals surface area (Å²) in [6, 6.07) is 0. The third-order valence-corrected chi connectivity index (χ3v) is 5.51. The Morgan fingerprint density at radius 3 is 0.474 bits per heavy atom. The predicted octanol–water partition coefficient (Wildman–Crippen LogP) is 6.58. The van der Waals surface area contributed by atoms with Crippen molar-refractivity contribution in [2.24, 2.45) is 0 Å². The summed E-state index contributed by atoms with van der Waals surface area (Å²) >= 11 is 0. The molecule has 0 aliphatic rings. The summed E-state index contributed by atoms with van der Waals surface area (Å²) in [6.45, 7) is 32.1. The summed E-state index contributed by atoms with van der Waals surface area (Å²) in [6.07, 6.45) is 0. The largest absolute Gasteiger partial charge is 0.456 e. The molecule has 0 saturated heterocycles. The molecule has 0 heterocycles. The maximum atomic E-state index is 5.90. The molecule has 0 rings (SSSR count). The molecular weight excluding hydrogens is 296 g/mol. The van der Waals surface area contributed by atoms with Crippen LogP contribution in [0.15, 0.2) is 0 Å². The van der Waals surface area contributed by atoms with Gasteiger partial charge in [0.25, 0.3) is 0 Å². The molecule has 120 valence electrons. The van der Waals surface area contributed by atoms with E-state index in [0.717, 1.165) is 0 Å². The molecule has 0 spiro atoms. The van der Waals surface area contributed by atoms with Gasteiger partial charge >= 0.3 is 0 Å². The van der Waals surface area contributed by atoms with Crippen LogP contribution in [0.5, 0.6) is 0 Å². The monoisotopic (exact) mass is 338 g/mol. The van der Waals surface area contributed by atoms with E-state index in [0.29, 0.717) is 0 Å². The Balaban J connectivity index is -0.000000219. The summed E-state index contributed by atoms with van der Waals surface area (Å²) < 4.78 is 5.90. The van der Waals surface area contributed by atoms with Gasteiger partial charge in [-0.25, -0.2) is 0 Å². The van der Waals surface area contributed by atoms with Crippen LogP contribution in [0, 0.1) is 0 Å². The molecule has 0 aromatic heterocycles. The first-order valence-electron chi connectivity index (χ1n) is 7.41. The molecule has 0 saturated carbocycles. The summed E-state index contributed by atoms with van der Waals surface area (Å²) in [7, 11) is -3.68. The Morgan fingerprint density at radius 1 is 0.368 bits per heavy atom. The van der Waals surface area contributed by atoms with Crippen molar-refractivity contribution in [2.75, 3.05) is 0 Å². The van der Waals surface area contributed by atoms with Gasteiger partial charge in [-0.2, -0.15) is 0 Å². The first-order valence-corrected chi connectivity index (χ1v) is 22.2. The summed E-state index contributed by atoms with van der Waals surface area (Å²) in [5.74, 6) is 0. The third-order valence-electron chi connectivity index (χ3n) is 0.612. The fourth-order valence-electron chi connectivity index (χ4n) is 0.919. The Hall–Kier alpha value is 0.828. The molecule has 0 bridgehead atoms. The second-order valence-corrected chi connectivity index (χ2v) is 31.6. The van der Waals surface area contributed by atoms with Gasteiger partial charge in [-0.15, -0.1) is 0 Å². The van der Waals surface area contributed by atoms with Crippen LogP contribution in [-0.4, -0.2) is 32.8 Å². The van der Waals surface area contributed by atoms with Crippen molar-refractivity contribution >= 4 is 32.8 Å². The van der Waals surface area contributed by atoms with Crippen molar-refractivity contribution in [3.05, 3.63) is 0 Å². The minimum absolute atomic E-state index is 0.611. The zero-order valence-electron chi connectivity index (χ0n) is 16.4. The van der Waals surface area contributed by atoms with Crippen LogP contribution in [0.3, 0.4) is 0 Å². The molecular formula is C14H42OSi4. The Morgan fingerprint density at radius 2 is 0.474 bits per heavy atom. The van der Waals surface area contributed by atoms with Crippen molar-refractivity contribution in [2.45, 2.75) is 91.7 Å².